The van der Waals surface area contributed by atoms with E-state index in [0.717, 1.165) is 19.3 Å². The smallest absolute Gasteiger partial charge is 0.777 e. The predicted molar refractivity (Wildman–Crippen MR) is 59.2 cm³/mol. The second kappa shape index (κ2) is 6.98. The minimum Gasteiger partial charge on any atom is -0.777 e. The quantitative estimate of drug-likeness (QED) is 0.443. The zero-order valence-corrected chi connectivity index (χ0v) is 12.5. The molecule has 0 radical (unpaired) electrons. The van der Waals surface area contributed by atoms with Crippen LogP contribution in [0.2, 0.25) is 0 Å². The van der Waals surface area contributed by atoms with Crippen LogP contribution in [0, 0.1) is 0 Å². The van der Waals surface area contributed by atoms with Gasteiger partial charge in [-0.2, -0.15) is 0 Å². The Bertz CT molecular complexity index is 300. The Hall–Kier alpha value is 1.03. The van der Waals surface area contributed by atoms with Gasteiger partial charge < -0.3 is 28.7 Å². The van der Waals surface area contributed by atoms with Gasteiger partial charge in [0.2, 0.25) is 0 Å². The van der Waals surface area contributed by atoms with Crippen LogP contribution in [0.4, 0.5) is 0 Å². The van der Waals surface area contributed by atoms with E-state index in [-0.39, 0.29) is 29.1 Å². The predicted octanol–water partition coefficient (Wildman–Crippen LogP) is -1.10. The van der Waals surface area contributed by atoms with Gasteiger partial charge in [0.25, 0.3) is 0 Å². The third kappa shape index (κ3) is 6.14. The summed E-state index contributed by atoms with van der Waals surface area (Å²) in [6, 6.07) is -0.303. The Labute approximate surface area is 116 Å². The normalized spacial score (nSPS) is 26.4. The Kier molecular flexibility index (Phi) is 7.40. The summed E-state index contributed by atoms with van der Waals surface area (Å²) in [5.74, 6) is 0. The molecule has 0 bridgehead atoms. The molecule has 0 heterocycles. The summed E-state index contributed by atoms with van der Waals surface area (Å²) in [4.78, 5) is 39.2. The van der Waals surface area contributed by atoms with Crippen LogP contribution in [0.25, 0.3) is 0 Å². The summed E-state index contributed by atoms with van der Waals surface area (Å²) < 4.78 is 21.7. The molecule has 10 heteroatoms. The summed E-state index contributed by atoms with van der Waals surface area (Å²) in [5.41, 5.74) is -2.29. The number of hydrogen-bond acceptors (Lipinski definition) is 5. The average molecular weight is 295 g/mol. The fourth-order valence-electron chi connectivity index (χ4n) is 1.85. The molecule has 0 spiro atoms. The van der Waals surface area contributed by atoms with Crippen LogP contribution >= 0.6 is 15.2 Å². The first kappa shape index (κ1) is 18.0. The first-order valence-corrected chi connectivity index (χ1v) is 8.33. The van der Waals surface area contributed by atoms with Gasteiger partial charge in [-0.15, -0.1) is 0 Å². The second-order valence-corrected chi connectivity index (χ2v) is 7.70. The van der Waals surface area contributed by atoms with Crippen LogP contribution in [0.1, 0.15) is 32.1 Å². The molecule has 7 nitrogen and oxygen atoms in total. The van der Waals surface area contributed by atoms with E-state index < -0.39 is 20.7 Å². The van der Waals surface area contributed by atoms with E-state index in [1.807, 2.05) is 0 Å². The van der Waals surface area contributed by atoms with Crippen LogP contribution in [0.5, 0.6) is 0 Å². The van der Waals surface area contributed by atoms with E-state index in [9.17, 15) is 18.9 Å². The maximum atomic E-state index is 10.8. The van der Waals surface area contributed by atoms with Crippen molar-refractivity contribution in [2.75, 3.05) is 0 Å². The minimum atomic E-state index is -5.15. The molecule has 1 saturated carbocycles. The molecule has 2 unspecified atom stereocenters. The Balaban J connectivity index is 0.00000256. The van der Waals surface area contributed by atoms with Crippen molar-refractivity contribution in [3.63, 3.8) is 0 Å². The molecule has 0 aromatic carbocycles. The third-order valence-corrected chi connectivity index (χ3v) is 5.89. The van der Waals surface area contributed by atoms with Crippen molar-refractivity contribution in [2.45, 2.75) is 43.7 Å². The molecule has 17 heavy (non-hydrogen) atoms. The van der Waals surface area contributed by atoms with Crippen LogP contribution < -0.4 is 15.1 Å². The van der Waals surface area contributed by atoms with Gasteiger partial charge in [0.05, 0.1) is 0 Å². The fraction of sp³-hybridized carbons (Fsp3) is 1.00. The number of hydrogen-bond donors (Lipinski definition) is 3. The van der Waals surface area contributed by atoms with Gasteiger partial charge in [0.1, 0.15) is 5.52 Å². The van der Waals surface area contributed by atoms with Gasteiger partial charge in [0.15, 0.2) is 15.2 Å². The van der Waals surface area contributed by atoms with Gasteiger partial charge in [-0.05, 0) is 12.8 Å². The summed E-state index contributed by atoms with van der Waals surface area (Å²) >= 11 is 0. The fourth-order valence-corrected chi connectivity index (χ4v) is 4.13. The second-order valence-electron chi connectivity index (χ2n) is 4.00. The number of rotatable bonds is 4. The van der Waals surface area contributed by atoms with E-state index in [4.69, 9.17) is 9.79 Å². The molecule has 96 valence electrons. The van der Waals surface area contributed by atoms with Crippen LogP contribution in [0.3, 0.4) is 0 Å². The van der Waals surface area contributed by atoms with E-state index in [1.54, 1.807) is 0 Å². The minimum absolute atomic E-state index is 0. The molecule has 0 aromatic heterocycles. The molecule has 0 aliphatic heterocycles. The average Bonchev–Trinajstić information content (AvgIpc) is 2.12. The number of nitrogens with one attached hydrogen (secondary N) is 1. The zero-order chi connectivity index (χ0) is 12.4. The molecule has 1 aliphatic rings. The molecule has 3 N–H and O–H groups in total. The van der Waals surface area contributed by atoms with E-state index >= 15 is 0 Å². The summed E-state index contributed by atoms with van der Waals surface area (Å²) in [6.07, 6.45) is 4.03. The van der Waals surface area contributed by atoms with Crippen molar-refractivity contribution in [2.24, 2.45) is 0 Å². The van der Waals surface area contributed by atoms with Gasteiger partial charge >= 0.3 is 23.1 Å². The van der Waals surface area contributed by atoms with Gasteiger partial charge in [-0.1, -0.05) is 19.3 Å². The molecule has 1 fully saturated rings. The molecular formula is C7H15MgNO6P2. The first-order valence-electron chi connectivity index (χ1n) is 5.04. The van der Waals surface area contributed by atoms with Crippen molar-refractivity contribution in [1.29, 1.82) is 0 Å². The summed E-state index contributed by atoms with van der Waals surface area (Å²) in [6.45, 7) is 0. The zero-order valence-electron chi connectivity index (χ0n) is 9.32. The first-order chi connectivity index (χ1) is 7.21. The Morgan fingerprint density at radius 1 is 1.06 bits per heavy atom. The van der Waals surface area contributed by atoms with Gasteiger partial charge in [-0.3, -0.25) is 5.32 Å². The van der Waals surface area contributed by atoms with E-state index in [1.165, 1.54) is 0 Å². The van der Waals surface area contributed by atoms with Crippen molar-refractivity contribution < 1.29 is 28.7 Å². The van der Waals surface area contributed by atoms with Crippen LogP contribution in [-0.2, 0) is 9.13 Å². The van der Waals surface area contributed by atoms with E-state index in [2.05, 4.69) is 5.32 Å². The topological polar surface area (TPSA) is 133 Å². The van der Waals surface area contributed by atoms with Crippen LogP contribution in [-0.4, -0.2) is 44.4 Å². The van der Waals surface area contributed by atoms with Gasteiger partial charge in [-0.25, -0.2) is 0 Å². The molecule has 0 saturated heterocycles. The molecule has 2 atom stereocenters. The standard InChI is InChI=1S/C7H17NO6P2.Mg/c9-15(10,11)7(16(12,13)14)8-6-4-2-1-3-5-6;/h6-8H,1-5H2,(H2,9,10,11)(H2,12,13,14);/q;+2/p-2. The molecule has 1 aliphatic carbocycles. The van der Waals surface area contributed by atoms with E-state index in [0.29, 0.717) is 12.8 Å². The molecule has 0 amide bonds. The van der Waals surface area contributed by atoms with Crippen molar-refractivity contribution in [3.05, 3.63) is 0 Å². The molecule has 0 aromatic rings. The van der Waals surface area contributed by atoms with Crippen molar-refractivity contribution in [3.8, 4) is 0 Å². The SMILES string of the molecule is O=P([O-])(O)C(NC1CCCCC1)P(=O)([O-])O.[Mg+2]. The third-order valence-electron chi connectivity index (χ3n) is 2.61. The Morgan fingerprint density at radius 2 is 1.47 bits per heavy atom. The van der Waals surface area contributed by atoms with Gasteiger partial charge in [0, 0.05) is 6.04 Å². The van der Waals surface area contributed by atoms with Crippen LogP contribution in [0.15, 0.2) is 0 Å². The summed E-state index contributed by atoms with van der Waals surface area (Å²) in [7, 11) is -10.3. The largest absolute Gasteiger partial charge is 2.00 e. The monoisotopic (exact) mass is 295 g/mol. The van der Waals surface area contributed by atoms with Crippen molar-refractivity contribution >= 4 is 38.2 Å². The maximum Gasteiger partial charge on any atom is 2.00 e. The van der Waals surface area contributed by atoms with Crippen molar-refractivity contribution in [1.82, 2.24) is 5.32 Å². The molecular weight excluding hydrogens is 280 g/mol. The Morgan fingerprint density at radius 3 is 1.82 bits per heavy atom. The molecule has 1 rings (SSSR count). The maximum absolute atomic E-state index is 10.8. The summed E-state index contributed by atoms with van der Waals surface area (Å²) in [5, 5.41) is 2.28.